The third kappa shape index (κ3) is 5.21. The molecule has 0 aliphatic carbocycles. The summed E-state index contributed by atoms with van der Waals surface area (Å²) in [6, 6.07) is 14.1. The van der Waals surface area contributed by atoms with E-state index in [0.29, 0.717) is 31.0 Å². The number of morpholine rings is 1. The number of carbonyl (C=O) groups excluding carboxylic acids is 1. The van der Waals surface area contributed by atoms with Crippen molar-refractivity contribution in [2.45, 2.75) is 32.6 Å². The standard InChI is InChI=1S/C23H26FN5O2/c1-16-13-28(14-17(2)31-16)22-9-8-19(10-21(22)24)27-23(30)25-11-18-12-26-29(15-18)20-6-4-3-5-7-20/h3-10,12,15-17H,11,13-14H2,1-2H3,(H2,25,27,30). The lowest BCUT2D eigenvalue weighted by atomic mass is 10.2. The number of halogens is 1. The second kappa shape index (κ2) is 9.18. The van der Waals surface area contributed by atoms with Gasteiger partial charge in [-0.1, -0.05) is 18.2 Å². The average Bonchev–Trinajstić information content (AvgIpc) is 3.21. The van der Waals surface area contributed by atoms with Crippen LogP contribution in [-0.4, -0.2) is 41.1 Å². The molecule has 7 nitrogen and oxygen atoms in total. The Morgan fingerprint density at radius 1 is 1.16 bits per heavy atom. The van der Waals surface area contributed by atoms with E-state index in [9.17, 15) is 9.18 Å². The summed E-state index contributed by atoms with van der Waals surface area (Å²) in [5.41, 5.74) is 2.71. The van der Waals surface area contributed by atoms with Gasteiger partial charge in [-0.05, 0) is 44.2 Å². The molecule has 0 spiro atoms. The van der Waals surface area contributed by atoms with Crippen molar-refractivity contribution in [1.29, 1.82) is 0 Å². The Bertz CT molecular complexity index is 1030. The topological polar surface area (TPSA) is 71.4 Å². The molecule has 1 fully saturated rings. The molecule has 162 valence electrons. The number of hydrogen-bond acceptors (Lipinski definition) is 4. The van der Waals surface area contributed by atoms with Crippen LogP contribution in [0.25, 0.3) is 5.69 Å². The zero-order valence-corrected chi connectivity index (χ0v) is 17.6. The van der Waals surface area contributed by atoms with Gasteiger partial charge in [-0.25, -0.2) is 13.9 Å². The lowest BCUT2D eigenvalue weighted by Crippen LogP contribution is -2.45. The number of urea groups is 1. The van der Waals surface area contributed by atoms with Crippen molar-refractivity contribution in [3.05, 3.63) is 72.3 Å². The zero-order valence-electron chi connectivity index (χ0n) is 17.6. The van der Waals surface area contributed by atoms with E-state index in [1.807, 2.05) is 55.3 Å². The predicted octanol–water partition coefficient (Wildman–Crippen LogP) is 3.95. The molecule has 0 radical (unpaired) electrons. The van der Waals surface area contributed by atoms with Gasteiger partial charge in [0.2, 0.25) is 0 Å². The molecule has 31 heavy (non-hydrogen) atoms. The van der Waals surface area contributed by atoms with Crippen LogP contribution >= 0.6 is 0 Å². The van der Waals surface area contributed by atoms with Crippen molar-refractivity contribution in [3.63, 3.8) is 0 Å². The van der Waals surface area contributed by atoms with Crippen LogP contribution in [-0.2, 0) is 11.3 Å². The minimum absolute atomic E-state index is 0.0398. The number of hydrogen-bond donors (Lipinski definition) is 2. The van der Waals surface area contributed by atoms with Crippen molar-refractivity contribution in [3.8, 4) is 5.69 Å². The van der Waals surface area contributed by atoms with Crippen LogP contribution in [0.1, 0.15) is 19.4 Å². The molecule has 1 aliphatic heterocycles. The van der Waals surface area contributed by atoms with Crippen LogP contribution in [0.4, 0.5) is 20.6 Å². The summed E-state index contributed by atoms with van der Waals surface area (Å²) in [6.07, 6.45) is 3.64. The summed E-state index contributed by atoms with van der Waals surface area (Å²) >= 11 is 0. The van der Waals surface area contributed by atoms with Gasteiger partial charge >= 0.3 is 6.03 Å². The summed E-state index contributed by atoms with van der Waals surface area (Å²) in [5, 5.41) is 9.75. The van der Waals surface area contributed by atoms with Crippen molar-refractivity contribution in [1.82, 2.24) is 15.1 Å². The Morgan fingerprint density at radius 3 is 2.61 bits per heavy atom. The molecule has 2 amide bonds. The van der Waals surface area contributed by atoms with E-state index in [-0.39, 0.29) is 18.0 Å². The van der Waals surface area contributed by atoms with Crippen LogP contribution in [0.3, 0.4) is 0 Å². The summed E-state index contributed by atoms with van der Waals surface area (Å²) in [6.45, 7) is 5.52. The molecule has 8 heteroatoms. The molecule has 0 bridgehead atoms. The van der Waals surface area contributed by atoms with E-state index >= 15 is 0 Å². The van der Waals surface area contributed by atoms with Crippen LogP contribution in [0.2, 0.25) is 0 Å². The fourth-order valence-electron chi connectivity index (χ4n) is 3.75. The van der Waals surface area contributed by atoms with Gasteiger partial charge in [-0.2, -0.15) is 5.10 Å². The number of rotatable bonds is 5. The highest BCUT2D eigenvalue weighted by Gasteiger charge is 2.24. The number of nitrogens with zero attached hydrogens (tertiary/aromatic N) is 3. The van der Waals surface area contributed by atoms with Crippen molar-refractivity contribution in [2.24, 2.45) is 0 Å². The predicted molar refractivity (Wildman–Crippen MR) is 118 cm³/mol. The van der Waals surface area contributed by atoms with Crippen molar-refractivity contribution < 1.29 is 13.9 Å². The van der Waals surface area contributed by atoms with Gasteiger partial charge in [0.1, 0.15) is 5.82 Å². The minimum atomic E-state index is -0.409. The molecule has 2 N–H and O–H groups in total. The van der Waals surface area contributed by atoms with E-state index in [4.69, 9.17) is 4.74 Å². The van der Waals surface area contributed by atoms with Gasteiger partial charge in [-0.15, -0.1) is 0 Å². The van der Waals surface area contributed by atoms with Gasteiger partial charge in [-0.3, -0.25) is 0 Å². The van der Waals surface area contributed by atoms with Gasteiger partial charge in [0.15, 0.2) is 0 Å². The van der Waals surface area contributed by atoms with E-state index in [1.165, 1.54) is 6.07 Å². The molecular formula is C23H26FN5O2. The molecule has 2 heterocycles. The molecule has 0 saturated carbocycles. The maximum Gasteiger partial charge on any atom is 0.319 e. The molecule has 1 saturated heterocycles. The van der Waals surface area contributed by atoms with E-state index in [0.717, 1.165) is 11.3 Å². The Balaban J connectivity index is 1.33. The molecule has 1 aliphatic rings. The Kier molecular flexibility index (Phi) is 6.18. The fraction of sp³-hybridized carbons (Fsp3) is 0.304. The Labute approximate surface area is 180 Å². The highest BCUT2D eigenvalue weighted by molar-refractivity contribution is 5.89. The maximum atomic E-state index is 14.7. The summed E-state index contributed by atoms with van der Waals surface area (Å²) < 4.78 is 22.1. The van der Waals surface area contributed by atoms with Crippen LogP contribution < -0.4 is 15.5 Å². The zero-order chi connectivity index (χ0) is 21.8. The number of amides is 2. The number of benzene rings is 2. The number of carbonyl (C=O) groups is 1. The number of anilines is 2. The first-order valence-electron chi connectivity index (χ1n) is 10.3. The van der Waals surface area contributed by atoms with Crippen molar-refractivity contribution >= 4 is 17.4 Å². The molecular weight excluding hydrogens is 397 g/mol. The first-order valence-corrected chi connectivity index (χ1v) is 10.3. The molecule has 4 rings (SSSR count). The number of aromatic nitrogens is 2. The maximum absolute atomic E-state index is 14.7. The van der Waals surface area contributed by atoms with Gasteiger partial charge < -0.3 is 20.3 Å². The normalized spacial score (nSPS) is 18.6. The number of ether oxygens (including phenoxy) is 1. The van der Waals surface area contributed by atoms with Gasteiger partial charge in [0.05, 0.1) is 29.8 Å². The summed E-state index contributed by atoms with van der Waals surface area (Å²) in [7, 11) is 0. The third-order valence-electron chi connectivity index (χ3n) is 5.08. The Morgan fingerprint density at radius 2 is 1.90 bits per heavy atom. The SMILES string of the molecule is CC1CN(c2ccc(NC(=O)NCc3cnn(-c4ccccc4)c3)cc2F)CC(C)O1. The highest BCUT2D eigenvalue weighted by atomic mass is 19.1. The van der Waals surface area contributed by atoms with E-state index in [2.05, 4.69) is 15.7 Å². The molecule has 2 unspecified atom stereocenters. The van der Waals surface area contributed by atoms with E-state index < -0.39 is 6.03 Å². The van der Waals surface area contributed by atoms with Crippen LogP contribution in [0, 0.1) is 5.82 Å². The van der Waals surface area contributed by atoms with E-state index in [1.54, 1.807) is 23.0 Å². The third-order valence-corrected chi connectivity index (χ3v) is 5.08. The first kappa shape index (κ1) is 20.9. The fourth-order valence-corrected chi connectivity index (χ4v) is 3.75. The summed E-state index contributed by atoms with van der Waals surface area (Å²) in [4.78, 5) is 14.2. The quantitative estimate of drug-likeness (QED) is 0.652. The average molecular weight is 423 g/mol. The molecule has 2 aromatic carbocycles. The van der Waals surface area contributed by atoms with Crippen LogP contribution in [0.15, 0.2) is 60.9 Å². The minimum Gasteiger partial charge on any atom is -0.372 e. The molecule has 3 aromatic rings. The molecule has 2 atom stereocenters. The summed E-state index contributed by atoms with van der Waals surface area (Å²) in [5.74, 6) is -0.372. The smallest absolute Gasteiger partial charge is 0.319 e. The molecule has 1 aromatic heterocycles. The lowest BCUT2D eigenvalue weighted by molar-refractivity contribution is -0.00539. The number of nitrogens with one attached hydrogen (secondary N) is 2. The second-order valence-corrected chi connectivity index (χ2v) is 7.76. The number of para-hydroxylation sites is 1. The monoisotopic (exact) mass is 423 g/mol. The van der Waals surface area contributed by atoms with Crippen molar-refractivity contribution in [2.75, 3.05) is 23.3 Å². The van der Waals surface area contributed by atoms with Gasteiger partial charge in [0.25, 0.3) is 0 Å². The second-order valence-electron chi connectivity index (χ2n) is 7.76. The Hall–Kier alpha value is -3.39. The highest BCUT2D eigenvalue weighted by Crippen LogP contribution is 2.26. The first-order chi connectivity index (χ1) is 15.0. The van der Waals surface area contributed by atoms with Crippen LogP contribution in [0.5, 0.6) is 0 Å². The largest absolute Gasteiger partial charge is 0.372 e. The lowest BCUT2D eigenvalue weighted by Gasteiger charge is -2.37. The van der Waals surface area contributed by atoms with Gasteiger partial charge in [0, 0.05) is 37.1 Å².